The van der Waals surface area contributed by atoms with Gasteiger partial charge in [0.1, 0.15) is 0 Å². The Morgan fingerprint density at radius 1 is 1.07 bits per heavy atom. The molecule has 0 aliphatic rings. The summed E-state index contributed by atoms with van der Waals surface area (Å²) in [6, 6.07) is 9.50. The van der Waals surface area contributed by atoms with Gasteiger partial charge in [0.15, 0.2) is 0 Å². The Balaban J connectivity index is 2.58. The molecule has 0 heterocycles. The van der Waals surface area contributed by atoms with E-state index in [0.717, 1.165) is 5.56 Å². The Bertz CT molecular complexity index is 289. The summed E-state index contributed by atoms with van der Waals surface area (Å²) in [5.41, 5.74) is 1.01. The van der Waals surface area contributed by atoms with Crippen LogP contribution in [0.1, 0.15) is 12.5 Å². The van der Waals surface area contributed by atoms with Crippen LogP contribution in [0, 0.1) is 0 Å². The van der Waals surface area contributed by atoms with Gasteiger partial charge in [-0.1, -0.05) is 0 Å². The minimum atomic E-state index is -4.32. The molecule has 4 heteroatoms. The van der Waals surface area contributed by atoms with Gasteiger partial charge in [-0.2, -0.15) is 0 Å². The Kier molecular flexibility index (Phi) is 3.28. The fourth-order valence-corrected chi connectivity index (χ4v) is 2.19. The molecule has 0 fully saturated rings. The van der Waals surface area contributed by atoms with E-state index in [4.69, 9.17) is 0 Å². The van der Waals surface area contributed by atoms with Crippen molar-refractivity contribution >= 4 is 7.28 Å². The summed E-state index contributed by atoms with van der Waals surface area (Å²) in [5.74, 6) is 0. The fraction of sp³-hybridized carbons (Fsp3) is 0.400. The van der Waals surface area contributed by atoms with Gasteiger partial charge in [0, 0.05) is 0 Å². The van der Waals surface area contributed by atoms with Crippen molar-refractivity contribution in [1.82, 2.24) is 0 Å². The van der Waals surface area contributed by atoms with E-state index in [1.807, 2.05) is 30.3 Å². The van der Waals surface area contributed by atoms with Crippen LogP contribution in [0.25, 0.3) is 0 Å². The molecule has 0 unspecified atom stereocenters. The van der Waals surface area contributed by atoms with Gasteiger partial charge in [-0.25, -0.2) is 0 Å². The molecular weight excluding hydrogens is 199 g/mol. The predicted octanol–water partition coefficient (Wildman–Crippen LogP) is 1.52. The van der Waals surface area contributed by atoms with Gasteiger partial charge in [-0.15, -0.1) is 0 Å². The number of rotatable bonds is 4. The topological polar surface area (TPSA) is 60.7 Å². The first-order valence-electron chi connectivity index (χ1n) is 4.70. The quantitative estimate of drug-likeness (QED) is 0.669. The van der Waals surface area contributed by atoms with Crippen LogP contribution in [0.2, 0.25) is 0 Å². The van der Waals surface area contributed by atoms with Gasteiger partial charge in [0.25, 0.3) is 0 Å². The van der Waals surface area contributed by atoms with Crippen LogP contribution in [0.5, 0.6) is 0 Å². The zero-order chi connectivity index (χ0) is 10.7. The maximum absolute atomic E-state index is 9.49. The molecule has 0 bridgehead atoms. The maximum atomic E-state index is 9.49. The zero-order valence-corrected chi connectivity index (χ0v) is 9.19. The second kappa shape index (κ2) is 3.95. The molecule has 0 aromatic heterocycles. The monoisotopic (exact) mass is 216 g/mol. The zero-order valence-electron chi connectivity index (χ0n) is 8.30. The summed E-state index contributed by atoms with van der Waals surface area (Å²) in [4.78, 5) is 28.5. The van der Waals surface area contributed by atoms with Crippen molar-refractivity contribution in [3.63, 3.8) is 0 Å². The molecule has 0 aliphatic heterocycles. The van der Waals surface area contributed by atoms with Crippen molar-refractivity contribution in [1.29, 1.82) is 0 Å². The first kappa shape index (κ1) is 11.6. The number of benzene rings is 1. The van der Waals surface area contributed by atoms with Crippen molar-refractivity contribution < 1.29 is 14.7 Å². The molecule has 0 saturated carbocycles. The van der Waals surface area contributed by atoms with Gasteiger partial charge in [0.05, 0.1) is 0 Å². The van der Waals surface area contributed by atoms with E-state index in [0.29, 0.717) is 6.42 Å². The molecular formula is C10H17O3P. The van der Waals surface area contributed by atoms with E-state index >= 15 is 0 Å². The van der Waals surface area contributed by atoms with Gasteiger partial charge in [0.2, 0.25) is 0 Å². The van der Waals surface area contributed by atoms with Crippen molar-refractivity contribution in [3.05, 3.63) is 35.9 Å². The molecule has 0 amide bonds. The third-order valence-corrected chi connectivity index (χ3v) is 4.78. The number of hydrogen-bond acceptors (Lipinski definition) is 3. The van der Waals surface area contributed by atoms with Gasteiger partial charge in [-0.05, 0) is 0 Å². The van der Waals surface area contributed by atoms with Crippen LogP contribution in [0.3, 0.4) is 0 Å². The van der Waals surface area contributed by atoms with Crippen LogP contribution in [-0.4, -0.2) is 27.0 Å². The van der Waals surface area contributed by atoms with E-state index < -0.39 is 7.28 Å². The van der Waals surface area contributed by atoms with Crippen molar-refractivity contribution in [2.75, 3.05) is 12.3 Å². The molecule has 1 aromatic rings. The SMILES string of the molecule is CCP(O)(O)(O)CCc1ccccc1. The molecule has 0 aliphatic carbocycles. The van der Waals surface area contributed by atoms with Crippen LogP contribution in [0.15, 0.2) is 30.3 Å². The van der Waals surface area contributed by atoms with Gasteiger partial charge in [-0.3, -0.25) is 0 Å². The van der Waals surface area contributed by atoms with E-state index in [-0.39, 0.29) is 12.3 Å². The second-order valence-corrected chi connectivity index (χ2v) is 7.38. The van der Waals surface area contributed by atoms with E-state index in [9.17, 15) is 14.7 Å². The number of hydrogen-bond donors (Lipinski definition) is 3. The minimum absolute atomic E-state index is 0.0262. The third kappa shape index (κ3) is 3.72. The van der Waals surface area contributed by atoms with E-state index in [1.54, 1.807) is 6.92 Å². The van der Waals surface area contributed by atoms with Crippen LogP contribution in [0.4, 0.5) is 0 Å². The third-order valence-electron chi connectivity index (χ3n) is 2.35. The molecule has 80 valence electrons. The van der Waals surface area contributed by atoms with E-state index in [1.165, 1.54) is 0 Å². The van der Waals surface area contributed by atoms with Crippen LogP contribution >= 0.6 is 7.28 Å². The Morgan fingerprint density at radius 3 is 2.14 bits per heavy atom. The molecule has 3 N–H and O–H groups in total. The second-order valence-electron chi connectivity index (χ2n) is 3.62. The Hall–Kier alpha value is -0.470. The van der Waals surface area contributed by atoms with Crippen molar-refractivity contribution in [2.24, 2.45) is 0 Å². The Labute approximate surface area is 84.2 Å². The van der Waals surface area contributed by atoms with Crippen molar-refractivity contribution in [2.45, 2.75) is 13.3 Å². The summed E-state index contributed by atoms with van der Waals surface area (Å²) in [5, 5.41) is 0. The van der Waals surface area contributed by atoms with Crippen molar-refractivity contribution in [3.8, 4) is 0 Å². The average molecular weight is 216 g/mol. The number of aryl methyl sites for hydroxylation is 1. The first-order valence-corrected chi connectivity index (χ1v) is 7.17. The van der Waals surface area contributed by atoms with Crippen LogP contribution in [-0.2, 0) is 6.42 Å². The molecule has 14 heavy (non-hydrogen) atoms. The predicted molar refractivity (Wildman–Crippen MR) is 59.1 cm³/mol. The Morgan fingerprint density at radius 2 is 1.64 bits per heavy atom. The van der Waals surface area contributed by atoms with E-state index in [2.05, 4.69) is 0 Å². The molecule has 1 rings (SSSR count). The summed E-state index contributed by atoms with van der Waals surface area (Å²) >= 11 is 0. The summed E-state index contributed by atoms with van der Waals surface area (Å²) in [6.07, 6.45) is 0.570. The summed E-state index contributed by atoms with van der Waals surface area (Å²) in [6.45, 7) is 1.59. The average Bonchev–Trinajstić information content (AvgIpc) is 2.17. The molecule has 0 atom stereocenters. The molecule has 0 spiro atoms. The molecule has 0 radical (unpaired) electrons. The normalized spacial score (nSPS) is 14.7. The molecule has 1 aromatic carbocycles. The fourth-order valence-electron chi connectivity index (χ4n) is 1.16. The first-order chi connectivity index (χ1) is 6.41. The summed E-state index contributed by atoms with van der Waals surface area (Å²) in [7, 11) is -4.32. The molecule has 0 saturated heterocycles. The standard InChI is InChI=1S/C10H17O3P/c1-2-14(11,12,13)9-8-10-6-4-3-5-7-10/h3-7,11-13H,2,8-9H2,1H3. The molecule has 3 nitrogen and oxygen atoms in total. The van der Waals surface area contributed by atoms with Gasteiger partial charge >= 0.3 is 83.5 Å². The van der Waals surface area contributed by atoms with Gasteiger partial charge < -0.3 is 0 Å². The van der Waals surface area contributed by atoms with Crippen LogP contribution < -0.4 is 0 Å². The summed E-state index contributed by atoms with van der Waals surface area (Å²) < 4.78 is 0.